The van der Waals surface area contributed by atoms with Gasteiger partial charge in [0.1, 0.15) is 0 Å². The summed E-state index contributed by atoms with van der Waals surface area (Å²) in [6.45, 7) is 1.89. The fourth-order valence-electron chi connectivity index (χ4n) is 1.80. The summed E-state index contributed by atoms with van der Waals surface area (Å²) in [6.07, 6.45) is 0. The fourth-order valence-corrected chi connectivity index (χ4v) is 2.49. The van der Waals surface area contributed by atoms with Gasteiger partial charge in [0.2, 0.25) is 8.03 Å². The minimum atomic E-state index is -2.62. The first-order chi connectivity index (χ1) is 7.70. The quantitative estimate of drug-likeness (QED) is 0.808. The van der Waals surface area contributed by atoms with E-state index in [2.05, 4.69) is 0 Å². The molecule has 2 rings (SSSR count). The van der Waals surface area contributed by atoms with E-state index in [1.54, 1.807) is 6.07 Å². The van der Waals surface area contributed by atoms with E-state index >= 15 is 0 Å². The van der Waals surface area contributed by atoms with Crippen molar-refractivity contribution in [3.05, 3.63) is 54.1 Å². The molecule has 0 saturated heterocycles. The molecule has 0 heterocycles. The molecule has 0 aromatic heterocycles. The predicted molar refractivity (Wildman–Crippen MR) is 67.5 cm³/mol. The topological polar surface area (TPSA) is 37.3 Å². The van der Waals surface area contributed by atoms with Gasteiger partial charge >= 0.3 is 0 Å². The molecule has 0 saturated carbocycles. The highest BCUT2D eigenvalue weighted by Crippen LogP contribution is 2.26. The summed E-state index contributed by atoms with van der Waals surface area (Å²) in [5.74, 6) is 0. The highest BCUT2D eigenvalue weighted by molar-refractivity contribution is 7.47. The standard InChI is InChI=1S/C13H13O2P/c1-10-12(11-6-3-2-4-7-11)8-5-9-13(10)16(14)15/h2-9,16H,1H3,(H,14,15). The second-order valence-corrected chi connectivity index (χ2v) is 4.80. The zero-order valence-electron chi connectivity index (χ0n) is 8.97. The van der Waals surface area contributed by atoms with Gasteiger partial charge in [-0.2, -0.15) is 0 Å². The molecule has 82 valence electrons. The zero-order valence-corrected chi connectivity index (χ0v) is 9.97. The van der Waals surface area contributed by atoms with Gasteiger partial charge in [0.05, 0.1) is 0 Å². The molecule has 2 aromatic rings. The molecule has 2 nitrogen and oxygen atoms in total. The van der Waals surface area contributed by atoms with Gasteiger partial charge < -0.3 is 4.89 Å². The summed E-state index contributed by atoms with van der Waals surface area (Å²) < 4.78 is 11.2. The number of hydrogen-bond donors (Lipinski definition) is 1. The minimum Gasteiger partial charge on any atom is -0.343 e. The molecule has 0 amide bonds. The van der Waals surface area contributed by atoms with Gasteiger partial charge in [-0.3, -0.25) is 4.57 Å². The van der Waals surface area contributed by atoms with E-state index < -0.39 is 8.03 Å². The van der Waals surface area contributed by atoms with Crippen molar-refractivity contribution in [2.45, 2.75) is 6.92 Å². The molecule has 0 aliphatic carbocycles. The molecule has 0 spiro atoms. The van der Waals surface area contributed by atoms with Crippen molar-refractivity contribution in [1.29, 1.82) is 0 Å². The smallest absolute Gasteiger partial charge is 0.218 e. The van der Waals surface area contributed by atoms with E-state index in [0.29, 0.717) is 5.30 Å². The molecule has 16 heavy (non-hydrogen) atoms. The maximum atomic E-state index is 11.2. The summed E-state index contributed by atoms with van der Waals surface area (Å²) in [5.41, 5.74) is 2.98. The maximum Gasteiger partial charge on any atom is 0.218 e. The maximum absolute atomic E-state index is 11.2. The largest absolute Gasteiger partial charge is 0.343 e. The number of benzene rings is 2. The lowest BCUT2D eigenvalue weighted by atomic mass is 10.0. The molecular formula is C13H13O2P. The molecule has 0 aliphatic heterocycles. The monoisotopic (exact) mass is 232 g/mol. The lowest BCUT2D eigenvalue weighted by molar-refractivity contribution is 0.513. The van der Waals surface area contributed by atoms with Crippen molar-refractivity contribution in [2.75, 3.05) is 0 Å². The van der Waals surface area contributed by atoms with E-state index in [1.807, 2.05) is 49.4 Å². The molecule has 0 radical (unpaired) electrons. The third-order valence-electron chi connectivity index (χ3n) is 2.65. The molecule has 1 unspecified atom stereocenters. The highest BCUT2D eigenvalue weighted by atomic mass is 31.1. The molecule has 2 aromatic carbocycles. The Kier molecular flexibility index (Phi) is 3.23. The minimum absolute atomic E-state index is 0.548. The van der Waals surface area contributed by atoms with Crippen LogP contribution in [0.5, 0.6) is 0 Å². The van der Waals surface area contributed by atoms with Gasteiger partial charge in [0.15, 0.2) is 0 Å². The van der Waals surface area contributed by atoms with Crippen LogP contribution >= 0.6 is 8.03 Å². The third kappa shape index (κ3) is 2.08. The van der Waals surface area contributed by atoms with E-state index in [9.17, 15) is 9.46 Å². The Labute approximate surface area is 95.4 Å². The van der Waals surface area contributed by atoms with E-state index in [0.717, 1.165) is 16.7 Å². The van der Waals surface area contributed by atoms with Crippen LogP contribution in [0.3, 0.4) is 0 Å². The van der Waals surface area contributed by atoms with Crippen molar-refractivity contribution in [3.63, 3.8) is 0 Å². The molecule has 1 atom stereocenters. The van der Waals surface area contributed by atoms with Crippen LogP contribution in [0, 0.1) is 6.92 Å². The summed E-state index contributed by atoms with van der Waals surface area (Å²) in [5, 5.41) is 0.548. The molecule has 1 N–H and O–H groups in total. The molecule has 0 bridgehead atoms. The van der Waals surface area contributed by atoms with Crippen molar-refractivity contribution >= 4 is 13.3 Å². The van der Waals surface area contributed by atoms with Crippen molar-refractivity contribution in [3.8, 4) is 11.1 Å². The predicted octanol–water partition coefficient (Wildman–Crippen LogP) is 2.75. The summed E-state index contributed by atoms with van der Waals surface area (Å²) in [4.78, 5) is 9.22. The summed E-state index contributed by atoms with van der Waals surface area (Å²) in [7, 11) is -2.62. The van der Waals surface area contributed by atoms with Crippen molar-refractivity contribution in [1.82, 2.24) is 0 Å². The summed E-state index contributed by atoms with van der Waals surface area (Å²) >= 11 is 0. The van der Waals surface area contributed by atoms with Gasteiger partial charge in [-0.25, -0.2) is 0 Å². The van der Waals surface area contributed by atoms with E-state index in [-0.39, 0.29) is 0 Å². The highest BCUT2D eigenvalue weighted by Gasteiger charge is 2.08. The van der Waals surface area contributed by atoms with Crippen LogP contribution in [0.15, 0.2) is 48.5 Å². The second kappa shape index (κ2) is 4.65. The van der Waals surface area contributed by atoms with Crippen LogP contribution in [0.1, 0.15) is 5.56 Å². The second-order valence-electron chi connectivity index (χ2n) is 3.65. The van der Waals surface area contributed by atoms with Crippen LogP contribution in [0.25, 0.3) is 11.1 Å². The number of rotatable bonds is 2. The van der Waals surface area contributed by atoms with Crippen molar-refractivity contribution in [2.24, 2.45) is 0 Å². The molecule has 3 heteroatoms. The first-order valence-corrected chi connectivity index (χ1v) is 6.44. The van der Waals surface area contributed by atoms with Crippen molar-refractivity contribution < 1.29 is 9.46 Å². The average Bonchev–Trinajstić information content (AvgIpc) is 2.30. The van der Waals surface area contributed by atoms with Crippen LogP contribution in [-0.2, 0) is 4.57 Å². The van der Waals surface area contributed by atoms with Gasteiger partial charge in [0, 0.05) is 5.30 Å². The first kappa shape index (κ1) is 11.1. The Balaban J connectivity index is 2.59. The lowest BCUT2D eigenvalue weighted by Gasteiger charge is -2.09. The normalized spacial score (nSPS) is 12.4. The average molecular weight is 232 g/mol. The Bertz CT molecular complexity index is 521. The molecule has 0 aliphatic rings. The van der Waals surface area contributed by atoms with Gasteiger partial charge in [-0.15, -0.1) is 0 Å². The Hall–Kier alpha value is -1.37. The number of hydrogen-bond acceptors (Lipinski definition) is 1. The van der Waals surface area contributed by atoms with E-state index in [1.165, 1.54) is 0 Å². The van der Waals surface area contributed by atoms with Crippen LogP contribution in [-0.4, -0.2) is 4.89 Å². The van der Waals surface area contributed by atoms with Gasteiger partial charge in [0.25, 0.3) is 0 Å². The third-order valence-corrected chi connectivity index (χ3v) is 3.65. The zero-order chi connectivity index (χ0) is 11.5. The Morgan fingerprint density at radius 1 is 1.00 bits per heavy atom. The lowest BCUT2D eigenvalue weighted by Crippen LogP contribution is -2.02. The Morgan fingerprint density at radius 3 is 2.31 bits per heavy atom. The molecule has 0 fully saturated rings. The van der Waals surface area contributed by atoms with Gasteiger partial charge in [-0.1, -0.05) is 42.5 Å². The van der Waals surface area contributed by atoms with Gasteiger partial charge in [-0.05, 0) is 29.7 Å². The Morgan fingerprint density at radius 2 is 1.69 bits per heavy atom. The van der Waals surface area contributed by atoms with Crippen LogP contribution in [0.4, 0.5) is 0 Å². The van der Waals surface area contributed by atoms with Crippen LogP contribution < -0.4 is 5.30 Å². The van der Waals surface area contributed by atoms with Crippen LogP contribution in [0.2, 0.25) is 0 Å². The fraction of sp³-hybridized carbons (Fsp3) is 0.0769. The summed E-state index contributed by atoms with van der Waals surface area (Å²) in [6, 6.07) is 15.4. The van der Waals surface area contributed by atoms with E-state index in [4.69, 9.17) is 0 Å². The SMILES string of the molecule is Cc1c(-c2ccccc2)cccc1[PH](=O)O. The first-order valence-electron chi connectivity index (χ1n) is 5.08. The molecular weight excluding hydrogens is 219 g/mol.